The first-order valence-corrected chi connectivity index (χ1v) is 6.38. The van der Waals surface area contributed by atoms with Crippen molar-refractivity contribution in [1.82, 2.24) is 10.2 Å². The summed E-state index contributed by atoms with van der Waals surface area (Å²) >= 11 is 0. The van der Waals surface area contributed by atoms with E-state index in [2.05, 4.69) is 5.32 Å². The standard InChI is InChI=1S/C14H22FN3O/c1-10(2)7-17-14(19)9-18(3)8-11-12(15)5-4-6-13(11)16/h4-6,10H,7-9,16H2,1-3H3,(H,17,19). The molecule has 0 saturated heterocycles. The second kappa shape index (κ2) is 7.09. The van der Waals surface area contributed by atoms with Crippen LogP contribution < -0.4 is 11.1 Å². The van der Waals surface area contributed by atoms with Crippen molar-refractivity contribution in [1.29, 1.82) is 0 Å². The van der Waals surface area contributed by atoms with E-state index in [1.54, 1.807) is 24.1 Å². The van der Waals surface area contributed by atoms with E-state index in [9.17, 15) is 9.18 Å². The van der Waals surface area contributed by atoms with Crippen LogP contribution in [0.1, 0.15) is 19.4 Å². The van der Waals surface area contributed by atoms with Crippen molar-refractivity contribution in [3.8, 4) is 0 Å². The van der Waals surface area contributed by atoms with Crippen molar-refractivity contribution < 1.29 is 9.18 Å². The zero-order chi connectivity index (χ0) is 14.4. The lowest BCUT2D eigenvalue weighted by atomic mass is 10.1. The summed E-state index contributed by atoms with van der Waals surface area (Å²) in [5, 5.41) is 2.82. The molecule has 0 heterocycles. The monoisotopic (exact) mass is 267 g/mol. The van der Waals surface area contributed by atoms with Gasteiger partial charge in [0.2, 0.25) is 5.91 Å². The molecule has 0 fully saturated rings. The minimum Gasteiger partial charge on any atom is -0.398 e. The predicted octanol–water partition coefficient (Wildman–Crippen LogP) is 1.61. The van der Waals surface area contributed by atoms with Gasteiger partial charge in [0.05, 0.1) is 6.54 Å². The van der Waals surface area contributed by atoms with Gasteiger partial charge in [-0.2, -0.15) is 0 Å². The topological polar surface area (TPSA) is 58.4 Å². The molecule has 106 valence electrons. The highest BCUT2D eigenvalue weighted by atomic mass is 19.1. The van der Waals surface area contributed by atoms with Crippen LogP contribution in [-0.4, -0.2) is 30.9 Å². The molecule has 0 saturated carbocycles. The molecule has 0 atom stereocenters. The first-order valence-electron chi connectivity index (χ1n) is 6.38. The number of nitrogens with one attached hydrogen (secondary N) is 1. The fourth-order valence-electron chi connectivity index (χ4n) is 1.69. The molecular formula is C14H22FN3O. The van der Waals surface area contributed by atoms with Crippen molar-refractivity contribution in [2.75, 3.05) is 25.9 Å². The Hall–Kier alpha value is -1.62. The van der Waals surface area contributed by atoms with Crippen molar-refractivity contribution in [3.63, 3.8) is 0 Å². The van der Waals surface area contributed by atoms with Gasteiger partial charge in [0.25, 0.3) is 0 Å². The Morgan fingerprint density at radius 3 is 2.74 bits per heavy atom. The van der Waals surface area contributed by atoms with Gasteiger partial charge in [0.1, 0.15) is 5.82 Å². The summed E-state index contributed by atoms with van der Waals surface area (Å²) < 4.78 is 13.6. The van der Waals surface area contributed by atoms with Crippen LogP contribution in [0.25, 0.3) is 0 Å². The lowest BCUT2D eigenvalue weighted by Crippen LogP contribution is -2.36. The second-order valence-electron chi connectivity index (χ2n) is 5.18. The van der Waals surface area contributed by atoms with Crippen molar-refractivity contribution in [2.45, 2.75) is 20.4 Å². The zero-order valence-corrected chi connectivity index (χ0v) is 11.7. The van der Waals surface area contributed by atoms with E-state index in [-0.39, 0.29) is 18.3 Å². The Morgan fingerprint density at radius 1 is 1.47 bits per heavy atom. The quantitative estimate of drug-likeness (QED) is 0.770. The number of benzene rings is 1. The number of carbonyl (C=O) groups excluding carboxylic acids is 1. The van der Waals surface area contributed by atoms with Gasteiger partial charge in [0.15, 0.2) is 0 Å². The number of carbonyl (C=O) groups is 1. The summed E-state index contributed by atoms with van der Waals surface area (Å²) in [6, 6.07) is 4.60. The van der Waals surface area contributed by atoms with Crippen LogP contribution in [-0.2, 0) is 11.3 Å². The second-order valence-corrected chi connectivity index (χ2v) is 5.18. The highest BCUT2D eigenvalue weighted by Gasteiger charge is 2.12. The van der Waals surface area contributed by atoms with E-state index in [0.717, 1.165) is 0 Å². The van der Waals surface area contributed by atoms with Gasteiger partial charge in [0, 0.05) is 24.3 Å². The summed E-state index contributed by atoms with van der Waals surface area (Å²) in [5.41, 5.74) is 6.58. The fourth-order valence-corrected chi connectivity index (χ4v) is 1.69. The van der Waals surface area contributed by atoms with Gasteiger partial charge in [-0.1, -0.05) is 19.9 Å². The number of anilines is 1. The minimum absolute atomic E-state index is 0.0638. The molecule has 0 aliphatic heterocycles. The maximum atomic E-state index is 13.6. The lowest BCUT2D eigenvalue weighted by Gasteiger charge is -2.18. The zero-order valence-electron chi connectivity index (χ0n) is 11.7. The Balaban J connectivity index is 2.51. The molecule has 1 aromatic carbocycles. The minimum atomic E-state index is -0.338. The molecule has 0 spiro atoms. The summed E-state index contributed by atoms with van der Waals surface area (Å²) in [7, 11) is 1.76. The van der Waals surface area contributed by atoms with Gasteiger partial charge in [-0.05, 0) is 25.1 Å². The predicted molar refractivity (Wildman–Crippen MR) is 75.0 cm³/mol. The van der Waals surface area contributed by atoms with Gasteiger partial charge >= 0.3 is 0 Å². The largest absolute Gasteiger partial charge is 0.398 e. The highest BCUT2D eigenvalue weighted by molar-refractivity contribution is 5.77. The van der Waals surface area contributed by atoms with Crippen LogP contribution in [0.3, 0.4) is 0 Å². The highest BCUT2D eigenvalue weighted by Crippen LogP contribution is 2.16. The number of amides is 1. The third kappa shape index (κ3) is 5.26. The SMILES string of the molecule is CC(C)CNC(=O)CN(C)Cc1c(N)cccc1F. The van der Waals surface area contributed by atoms with Crippen LogP contribution in [0.5, 0.6) is 0 Å². The Morgan fingerprint density at radius 2 is 2.16 bits per heavy atom. The number of nitrogen functional groups attached to an aromatic ring is 1. The Bertz CT molecular complexity index is 414. The van der Waals surface area contributed by atoms with E-state index in [0.29, 0.717) is 30.3 Å². The third-order valence-electron chi connectivity index (χ3n) is 2.70. The van der Waals surface area contributed by atoms with Crippen LogP contribution in [0.4, 0.5) is 10.1 Å². The molecule has 0 aliphatic rings. The van der Waals surface area contributed by atoms with Gasteiger partial charge in [-0.15, -0.1) is 0 Å². The van der Waals surface area contributed by atoms with E-state index >= 15 is 0 Å². The average molecular weight is 267 g/mol. The molecule has 4 nitrogen and oxygen atoms in total. The average Bonchev–Trinajstić information content (AvgIpc) is 2.31. The number of nitrogens with two attached hydrogens (primary N) is 1. The van der Waals surface area contributed by atoms with Crippen molar-refractivity contribution in [2.24, 2.45) is 5.92 Å². The molecule has 19 heavy (non-hydrogen) atoms. The van der Waals surface area contributed by atoms with E-state index < -0.39 is 0 Å². The molecule has 1 aromatic rings. The maximum Gasteiger partial charge on any atom is 0.234 e. The molecule has 0 aliphatic carbocycles. The number of hydrogen-bond donors (Lipinski definition) is 2. The molecule has 0 aromatic heterocycles. The van der Waals surface area contributed by atoms with E-state index in [1.807, 2.05) is 13.8 Å². The number of rotatable bonds is 6. The van der Waals surface area contributed by atoms with Crippen molar-refractivity contribution in [3.05, 3.63) is 29.6 Å². The summed E-state index contributed by atoms with van der Waals surface area (Å²) in [6.45, 7) is 5.25. The molecule has 0 unspecified atom stereocenters. The molecule has 0 bridgehead atoms. The van der Waals surface area contributed by atoms with E-state index in [1.165, 1.54) is 6.07 Å². The van der Waals surface area contributed by atoms with Crippen LogP contribution >= 0.6 is 0 Å². The summed E-state index contributed by atoms with van der Waals surface area (Å²) in [4.78, 5) is 13.4. The van der Waals surface area contributed by atoms with Gasteiger partial charge < -0.3 is 11.1 Å². The summed E-state index contributed by atoms with van der Waals surface area (Å²) in [5.74, 6) is 0.0111. The maximum absolute atomic E-state index is 13.6. The first-order chi connectivity index (χ1) is 8.90. The van der Waals surface area contributed by atoms with Crippen LogP contribution in [0.15, 0.2) is 18.2 Å². The number of likely N-dealkylation sites (N-methyl/N-ethyl adjacent to an activating group) is 1. The summed E-state index contributed by atoms with van der Waals surface area (Å²) in [6.07, 6.45) is 0. The lowest BCUT2D eigenvalue weighted by molar-refractivity contribution is -0.122. The normalized spacial score (nSPS) is 11.1. The Labute approximate surface area is 113 Å². The molecule has 0 radical (unpaired) electrons. The smallest absolute Gasteiger partial charge is 0.234 e. The first kappa shape index (κ1) is 15.4. The van der Waals surface area contributed by atoms with Gasteiger partial charge in [-0.3, -0.25) is 9.69 Å². The Kier molecular flexibility index (Phi) is 5.76. The van der Waals surface area contributed by atoms with Crippen LogP contribution in [0.2, 0.25) is 0 Å². The molecule has 1 amide bonds. The fraction of sp³-hybridized carbons (Fsp3) is 0.500. The van der Waals surface area contributed by atoms with Gasteiger partial charge in [-0.25, -0.2) is 4.39 Å². The van der Waals surface area contributed by atoms with E-state index in [4.69, 9.17) is 5.73 Å². The molecule has 3 N–H and O–H groups in total. The molecular weight excluding hydrogens is 245 g/mol. The van der Waals surface area contributed by atoms with Crippen molar-refractivity contribution >= 4 is 11.6 Å². The molecule has 1 rings (SSSR count). The molecule has 5 heteroatoms. The third-order valence-corrected chi connectivity index (χ3v) is 2.70. The number of hydrogen-bond acceptors (Lipinski definition) is 3. The van der Waals surface area contributed by atoms with Crippen LogP contribution in [0, 0.1) is 11.7 Å². The number of halogens is 1. The number of nitrogens with zero attached hydrogens (tertiary/aromatic N) is 1.